The first-order valence-electron chi connectivity index (χ1n) is 8.85. The number of aromatic nitrogens is 1. The Balaban J connectivity index is 1.57. The number of H-pyrrole nitrogens is 1. The summed E-state index contributed by atoms with van der Waals surface area (Å²) in [6, 6.07) is 14.0. The number of hydrogen-bond acceptors (Lipinski definition) is 2. The number of piperidine rings is 1. The Morgan fingerprint density at radius 1 is 1.12 bits per heavy atom. The second-order valence-corrected chi connectivity index (χ2v) is 7.18. The van der Waals surface area contributed by atoms with Gasteiger partial charge in [0.1, 0.15) is 5.69 Å². The molecular weight excluding hydrogens is 314 g/mol. The third-order valence-electron chi connectivity index (χ3n) is 5.87. The molecule has 2 amide bonds. The number of likely N-dealkylation sites (N-methyl/N-ethyl adjacent to an activating group) is 1. The van der Waals surface area contributed by atoms with Crippen molar-refractivity contribution in [1.82, 2.24) is 14.8 Å². The van der Waals surface area contributed by atoms with Gasteiger partial charge in [0.2, 0.25) is 5.91 Å². The second-order valence-electron chi connectivity index (χ2n) is 7.18. The zero-order valence-electron chi connectivity index (χ0n) is 14.4. The molecule has 1 unspecified atom stereocenters. The molecule has 2 aliphatic heterocycles. The number of hydrogen-bond donors (Lipinski definition) is 1. The fraction of sp³-hybridized carbons (Fsp3) is 0.400. The molecule has 5 heteroatoms. The number of likely N-dealkylation sites (tertiary alicyclic amines) is 2. The fourth-order valence-corrected chi connectivity index (χ4v) is 4.48. The Morgan fingerprint density at radius 3 is 2.48 bits per heavy atom. The quantitative estimate of drug-likeness (QED) is 0.915. The minimum Gasteiger partial charge on any atom is -0.357 e. The van der Waals surface area contributed by atoms with Crippen LogP contribution in [0.5, 0.6) is 0 Å². The Kier molecular flexibility index (Phi) is 3.86. The first kappa shape index (κ1) is 15.9. The van der Waals surface area contributed by atoms with Crippen molar-refractivity contribution in [2.45, 2.75) is 18.8 Å². The molecule has 1 atom stereocenters. The van der Waals surface area contributed by atoms with E-state index in [1.165, 1.54) is 5.56 Å². The highest BCUT2D eigenvalue weighted by molar-refractivity contribution is 5.93. The minimum atomic E-state index is -0.372. The average molecular weight is 337 g/mol. The summed E-state index contributed by atoms with van der Waals surface area (Å²) in [4.78, 5) is 32.3. The van der Waals surface area contributed by atoms with Crippen LogP contribution in [0.25, 0.3) is 0 Å². The van der Waals surface area contributed by atoms with Crippen LogP contribution in [0.3, 0.4) is 0 Å². The number of nitrogens with zero attached hydrogens (tertiary/aromatic N) is 2. The lowest BCUT2D eigenvalue weighted by Gasteiger charge is -2.41. The summed E-state index contributed by atoms with van der Waals surface area (Å²) in [5, 5.41) is 0. The van der Waals surface area contributed by atoms with Crippen LogP contribution in [0.1, 0.15) is 34.8 Å². The van der Waals surface area contributed by atoms with E-state index < -0.39 is 0 Å². The molecule has 2 saturated heterocycles. The van der Waals surface area contributed by atoms with Gasteiger partial charge < -0.3 is 14.8 Å². The maximum Gasteiger partial charge on any atom is 0.270 e. The molecule has 3 heterocycles. The van der Waals surface area contributed by atoms with E-state index in [0.717, 1.165) is 19.4 Å². The fourth-order valence-electron chi connectivity index (χ4n) is 4.48. The molecule has 130 valence electrons. The van der Waals surface area contributed by atoms with Crippen LogP contribution >= 0.6 is 0 Å². The first-order chi connectivity index (χ1) is 12.1. The van der Waals surface area contributed by atoms with Gasteiger partial charge in [-0.15, -0.1) is 0 Å². The van der Waals surface area contributed by atoms with Gasteiger partial charge >= 0.3 is 0 Å². The molecule has 2 aromatic rings. The van der Waals surface area contributed by atoms with Crippen LogP contribution in [-0.2, 0) is 4.79 Å². The smallest absolute Gasteiger partial charge is 0.270 e. The van der Waals surface area contributed by atoms with Gasteiger partial charge in [0.25, 0.3) is 5.91 Å². The van der Waals surface area contributed by atoms with Crippen molar-refractivity contribution >= 4 is 11.8 Å². The lowest BCUT2D eigenvalue weighted by atomic mass is 9.68. The number of carbonyl (C=O) groups is 2. The number of rotatable bonds is 2. The molecule has 0 radical (unpaired) electrons. The molecule has 1 aromatic carbocycles. The standard InChI is InChI=1S/C20H23N3O2/c1-22-14-16(15-6-3-2-4-7-15)20(19(22)25)9-12-23(13-10-20)18(24)17-8-5-11-21-17/h2-8,11,16,21H,9-10,12-14H2,1H3. The molecule has 1 spiro atoms. The number of amides is 2. The molecule has 25 heavy (non-hydrogen) atoms. The summed E-state index contributed by atoms with van der Waals surface area (Å²) >= 11 is 0. The van der Waals surface area contributed by atoms with E-state index in [0.29, 0.717) is 18.8 Å². The van der Waals surface area contributed by atoms with Crippen molar-refractivity contribution in [3.8, 4) is 0 Å². The van der Waals surface area contributed by atoms with Crippen molar-refractivity contribution in [1.29, 1.82) is 0 Å². The van der Waals surface area contributed by atoms with Crippen molar-refractivity contribution < 1.29 is 9.59 Å². The molecule has 0 aliphatic carbocycles. The molecule has 2 fully saturated rings. The van der Waals surface area contributed by atoms with Crippen molar-refractivity contribution in [2.75, 3.05) is 26.7 Å². The zero-order chi connectivity index (χ0) is 17.4. The minimum absolute atomic E-state index is 0.0231. The molecule has 0 saturated carbocycles. The Morgan fingerprint density at radius 2 is 1.84 bits per heavy atom. The monoisotopic (exact) mass is 337 g/mol. The van der Waals surface area contributed by atoms with Gasteiger partial charge in [0.15, 0.2) is 0 Å². The lowest BCUT2D eigenvalue weighted by molar-refractivity contribution is -0.137. The maximum atomic E-state index is 13.0. The molecule has 5 nitrogen and oxygen atoms in total. The van der Waals surface area contributed by atoms with E-state index in [2.05, 4.69) is 17.1 Å². The third-order valence-corrected chi connectivity index (χ3v) is 5.87. The Bertz CT molecular complexity index is 762. The highest BCUT2D eigenvalue weighted by Crippen LogP contribution is 2.50. The largest absolute Gasteiger partial charge is 0.357 e. The number of nitrogens with one attached hydrogen (secondary N) is 1. The van der Waals surface area contributed by atoms with E-state index >= 15 is 0 Å². The Hall–Kier alpha value is -2.56. The summed E-state index contributed by atoms with van der Waals surface area (Å²) < 4.78 is 0. The number of carbonyl (C=O) groups excluding carboxylic acids is 2. The first-order valence-corrected chi connectivity index (χ1v) is 8.85. The van der Waals surface area contributed by atoms with Crippen LogP contribution in [-0.4, -0.2) is 53.3 Å². The van der Waals surface area contributed by atoms with Gasteiger partial charge in [-0.1, -0.05) is 30.3 Å². The summed E-state index contributed by atoms with van der Waals surface area (Å²) in [5.74, 6) is 0.456. The van der Waals surface area contributed by atoms with E-state index in [4.69, 9.17) is 0 Å². The van der Waals surface area contributed by atoms with Gasteiger partial charge in [-0.05, 0) is 30.5 Å². The SMILES string of the molecule is CN1CC(c2ccccc2)C2(CCN(C(=O)c3ccc[nH]3)CC2)C1=O. The predicted molar refractivity (Wildman–Crippen MR) is 95.2 cm³/mol. The van der Waals surface area contributed by atoms with Crippen molar-refractivity contribution in [3.05, 3.63) is 59.9 Å². The van der Waals surface area contributed by atoms with Crippen LogP contribution < -0.4 is 0 Å². The molecule has 2 aliphatic rings. The molecule has 0 bridgehead atoms. The number of benzene rings is 1. The molecule has 4 rings (SSSR count). The summed E-state index contributed by atoms with van der Waals surface area (Å²) in [5.41, 5.74) is 1.47. The number of aromatic amines is 1. The van der Waals surface area contributed by atoms with E-state index in [1.54, 1.807) is 12.3 Å². The normalized spacial score (nSPS) is 22.6. The third kappa shape index (κ3) is 2.54. The van der Waals surface area contributed by atoms with Crippen LogP contribution in [0, 0.1) is 5.41 Å². The molecule has 1 N–H and O–H groups in total. The molecular formula is C20H23N3O2. The van der Waals surface area contributed by atoms with Gasteiger partial charge in [-0.2, -0.15) is 0 Å². The Labute approximate surface area is 147 Å². The van der Waals surface area contributed by atoms with E-state index in [-0.39, 0.29) is 23.1 Å². The van der Waals surface area contributed by atoms with Crippen LogP contribution in [0.2, 0.25) is 0 Å². The van der Waals surface area contributed by atoms with Crippen LogP contribution in [0.15, 0.2) is 48.7 Å². The van der Waals surface area contributed by atoms with Crippen molar-refractivity contribution in [3.63, 3.8) is 0 Å². The maximum absolute atomic E-state index is 13.0. The summed E-state index contributed by atoms with van der Waals surface area (Å²) in [7, 11) is 1.89. The highest BCUT2D eigenvalue weighted by Gasteiger charge is 2.54. The second kappa shape index (κ2) is 6.06. The van der Waals surface area contributed by atoms with Crippen molar-refractivity contribution in [2.24, 2.45) is 5.41 Å². The molecule has 1 aromatic heterocycles. The van der Waals surface area contributed by atoms with E-state index in [9.17, 15) is 9.59 Å². The van der Waals surface area contributed by atoms with Gasteiger partial charge in [0.05, 0.1) is 5.41 Å². The summed E-state index contributed by atoms with van der Waals surface area (Å²) in [6.07, 6.45) is 3.21. The highest BCUT2D eigenvalue weighted by atomic mass is 16.2. The van der Waals surface area contributed by atoms with Gasteiger partial charge in [-0.25, -0.2) is 0 Å². The lowest BCUT2D eigenvalue weighted by Crippen LogP contribution is -2.48. The summed E-state index contributed by atoms with van der Waals surface area (Å²) in [6.45, 7) is 2.01. The predicted octanol–water partition coefficient (Wildman–Crippen LogP) is 2.49. The van der Waals surface area contributed by atoms with Gasteiger partial charge in [0, 0.05) is 38.8 Å². The average Bonchev–Trinajstić information content (AvgIpc) is 3.27. The zero-order valence-corrected chi connectivity index (χ0v) is 14.4. The topological polar surface area (TPSA) is 56.4 Å². The van der Waals surface area contributed by atoms with Gasteiger partial charge in [-0.3, -0.25) is 9.59 Å². The van der Waals surface area contributed by atoms with E-state index in [1.807, 2.05) is 41.1 Å². The van der Waals surface area contributed by atoms with Crippen LogP contribution in [0.4, 0.5) is 0 Å².